The van der Waals surface area contributed by atoms with Crippen molar-refractivity contribution >= 4 is 5.69 Å². The maximum Gasteiger partial charge on any atom is 0.311 e. The number of hydrogen-bond donors (Lipinski definition) is 1. The first-order chi connectivity index (χ1) is 9.10. The Kier molecular flexibility index (Phi) is 4.37. The molecule has 2 rings (SSSR count). The summed E-state index contributed by atoms with van der Waals surface area (Å²) in [6, 6.07) is 5.45. The van der Waals surface area contributed by atoms with Crippen molar-refractivity contribution < 1.29 is 9.66 Å². The van der Waals surface area contributed by atoms with E-state index in [4.69, 9.17) is 10.5 Å². The van der Waals surface area contributed by atoms with E-state index in [0.29, 0.717) is 5.75 Å². The van der Waals surface area contributed by atoms with Crippen molar-refractivity contribution in [3.63, 3.8) is 0 Å². The summed E-state index contributed by atoms with van der Waals surface area (Å²) in [7, 11) is 0. The zero-order chi connectivity index (χ0) is 13.8. The zero-order valence-electron chi connectivity index (χ0n) is 11.2. The number of nitro benzene ring substituents is 1. The van der Waals surface area contributed by atoms with Gasteiger partial charge in [-0.05, 0) is 43.7 Å². The highest BCUT2D eigenvalue weighted by atomic mass is 16.6. The number of nitrogens with zero attached hydrogens (tertiary/aromatic N) is 1. The predicted octanol–water partition coefficient (Wildman–Crippen LogP) is 2.81. The molecule has 1 aromatic carbocycles. The highest BCUT2D eigenvalue weighted by Gasteiger charge is 2.23. The van der Waals surface area contributed by atoms with Gasteiger partial charge in [0, 0.05) is 12.1 Å². The van der Waals surface area contributed by atoms with E-state index in [1.807, 2.05) is 13.0 Å². The van der Waals surface area contributed by atoms with E-state index in [9.17, 15) is 10.1 Å². The van der Waals surface area contributed by atoms with Crippen LogP contribution in [0.5, 0.6) is 5.75 Å². The molecule has 2 N–H and O–H groups in total. The zero-order valence-corrected chi connectivity index (χ0v) is 11.2. The lowest BCUT2D eigenvalue weighted by Gasteiger charge is -2.26. The van der Waals surface area contributed by atoms with Crippen LogP contribution in [-0.2, 0) is 6.42 Å². The van der Waals surface area contributed by atoms with Crippen molar-refractivity contribution in [1.29, 1.82) is 0 Å². The van der Waals surface area contributed by atoms with Gasteiger partial charge in [-0.25, -0.2) is 0 Å². The first kappa shape index (κ1) is 13.8. The fourth-order valence-corrected chi connectivity index (χ4v) is 2.41. The molecule has 1 saturated carbocycles. The van der Waals surface area contributed by atoms with E-state index in [2.05, 4.69) is 0 Å². The SMILES string of the molecule is CCc1ccc(OC2CCC(N)CC2)c([N+](=O)[O-])c1. The Balaban J connectivity index is 2.13. The minimum Gasteiger partial charge on any atom is -0.484 e. The molecule has 0 aromatic heterocycles. The van der Waals surface area contributed by atoms with Gasteiger partial charge < -0.3 is 10.5 Å². The van der Waals surface area contributed by atoms with Crippen molar-refractivity contribution in [3.05, 3.63) is 33.9 Å². The molecule has 0 bridgehead atoms. The number of rotatable bonds is 4. The van der Waals surface area contributed by atoms with Crippen LogP contribution in [0.2, 0.25) is 0 Å². The molecule has 0 heterocycles. The smallest absolute Gasteiger partial charge is 0.311 e. The first-order valence-electron chi connectivity index (χ1n) is 6.79. The van der Waals surface area contributed by atoms with Gasteiger partial charge in [-0.3, -0.25) is 10.1 Å². The number of ether oxygens (including phenoxy) is 1. The average molecular weight is 264 g/mol. The van der Waals surface area contributed by atoms with Crippen LogP contribution in [0.25, 0.3) is 0 Å². The third kappa shape index (κ3) is 3.44. The second kappa shape index (κ2) is 6.02. The second-order valence-corrected chi connectivity index (χ2v) is 5.07. The quantitative estimate of drug-likeness (QED) is 0.670. The second-order valence-electron chi connectivity index (χ2n) is 5.07. The summed E-state index contributed by atoms with van der Waals surface area (Å²) in [6.45, 7) is 1.97. The minimum absolute atomic E-state index is 0.0472. The molecule has 1 aromatic rings. The van der Waals surface area contributed by atoms with Crippen LogP contribution in [0, 0.1) is 10.1 Å². The lowest BCUT2D eigenvalue weighted by atomic mass is 9.94. The molecular formula is C14H20N2O3. The Morgan fingerprint density at radius 2 is 2.05 bits per heavy atom. The summed E-state index contributed by atoms with van der Waals surface area (Å²) in [5.74, 6) is 0.377. The number of nitrogens with two attached hydrogens (primary N) is 1. The maximum atomic E-state index is 11.1. The van der Waals surface area contributed by atoms with E-state index in [1.54, 1.807) is 12.1 Å². The number of hydrogen-bond acceptors (Lipinski definition) is 4. The van der Waals surface area contributed by atoms with Gasteiger partial charge in [-0.2, -0.15) is 0 Å². The van der Waals surface area contributed by atoms with Gasteiger partial charge >= 0.3 is 5.69 Å². The molecule has 5 heteroatoms. The molecular weight excluding hydrogens is 244 g/mol. The van der Waals surface area contributed by atoms with Crippen molar-refractivity contribution in [2.75, 3.05) is 0 Å². The van der Waals surface area contributed by atoms with Crippen LogP contribution in [0.4, 0.5) is 5.69 Å². The van der Waals surface area contributed by atoms with E-state index < -0.39 is 0 Å². The van der Waals surface area contributed by atoms with E-state index in [-0.39, 0.29) is 22.8 Å². The molecule has 0 atom stereocenters. The van der Waals surface area contributed by atoms with Gasteiger partial charge in [-0.1, -0.05) is 13.0 Å². The third-order valence-corrected chi connectivity index (χ3v) is 3.64. The van der Waals surface area contributed by atoms with Crippen LogP contribution in [-0.4, -0.2) is 17.1 Å². The molecule has 1 aliphatic rings. The molecule has 0 aliphatic heterocycles. The van der Waals surface area contributed by atoms with E-state index in [0.717, 1.165) is 37.7 Å². The van der Waals surface area contributed by atoms with E-state index >= 15 is 0 Å². The minimum atomic E-state index is -0.372. The number of aryl methyl sites for hydroxylation is 1. The van der Waals surface area contributed by atoms with Crippen LogP contribution >= 0.6 is 0 Å². The topological polar surface area (TPSA) is 78.4 Å². The molecule has 5 nitrogen and oxygen atoms in total. The normalized spacial score (nSPS) is 23.1. The van der Waals surface area contributed by atoms with Gasteiger partial charge in [0.25, 0.3) is 0 Å². The summed E-state index contributed by atoms with van der Waals surface area (Å²) in [6.07, 6.45) is 4.41. The molecule has 104 valence electrons. The highest BCUT2D eigenvalue weighted by Crippen LogP contribution is 2.31. The van der Waals surface area contributed by atoms with Crippen molar-refractivity contribution in [2.45, 2.75) is 51.2 Å². The Morgan fingerprint density at radius 3 is 2.63 bits per heavy atom. The van der Waals surface area contributed by atoms with Gasteiger partial charge in [-0.15, -0.1) is 0 Å². The standard InChI is InChI=1S/C14H20N2O3/c1-2-10-3-8-14(13(9-10)16(17)18)19-12-6-4-11(15)5-7-12/h3,8-9,11-12H,2,4-7,15H2,1H3. The fourth-order valence-electron chi connectivity index (χ4n) is 2.41. The average Bonchev–Trinajstić information content (AvgIpc) is 2.41. The Labute approximate surface area is 112 Å². The van der Waals surface area contributed by atoms with Crippen LogP contribution in [0.1, 0.15) is 38.2 Å². The molecule has 1 fully saturated rings. The Morgan fingerprint density at radius 1 is 1.37 bits per heavy atom. The maximum absolute atomic E-state index is 11.1. The van der Waals surface area contributed by atoms with Crippen LogP contribution in [0.15, 0.2) is 18.2 Å². The van der Waals surface area contributed by atoms with Crippen LogP contribution in [0.3, 0.4) is 0 Å². The van der Waals surface area contributed by atoms with Crippen LogP contribution < -0.4 is 10.5 Å². The van der Waals surface area contributed by atoms with Crippen molar-refractivity contribution in [1.82, 2.24) is 0 Å². The molecule has 19 heavy (non-hydrogen) atoms. The van der Waals surface area contributed by atoms with E-state index in [1.165, 1.54) is 0 Å². The molecule has 0 amide bonds. The Hall–Kier alpha value is -1.62. The summed E-state index contributed by atoms with van der Waals surface area (Å²) in [5, 5.41) is 11.1. The van der Waals surface area contributed by atoms with Gasteiger partial charge in [0.15, 0.2) is 5.75 Å². The summed E-state index contributed by atoms with van der Waals surface area (Å²) >= 11 is 0. The lowest BCUT2D eigenvalue weighted by molar-refractivity contribution is -0.386. The molecule has 0 spiro atoms. The van der Waals surface area contributed by atoms with Gasteiger partial charge in [0.05, 0.1) is 11.0 Å². The Bertz CT molecular complexity index is 454. The largest absolute Gasteiger partial charge is 0.484 e. The summed E-state index contributed by atoms with van der Waals surface area (Å²) < 4.78 is 5.80. The monoisotopic (exact) mass is 264 g/mol. The first-order valence-corrected chi connectivity index (χ1v) is 6.79. The predicted molar refractivity (Wildman–Crippen MR) is 73.3 cm³/mol. The molecule has 1 aliphatic carbocycles. The van der Waals surface area contributed by atoms with Crippen molar-refractivity contribution in [2.24, 2.45) is 5.73 Å². The molecule has 0 unspecified atom stereocenters. The highest BCUT2D eigenvalue weighted by molar-refractivity contribution is 5.48. The molecule has 0 saturated heterocycles. The van der Waals surface area contributed by atoms with Crippen molar-refractivity contribution in [3.8, 4) is 5.75 Å². The number of nitro groups is 1. The third-order valence-electron chi connectivity index (χ3n) is 3.64. The summed E-state index contributed by atoms with van der Waals surface area (Å²) in [5.41, 5.74) is 6.86. The fraction of sp³-hybridized carbons (Fsp3) is 0.571. The molecule has 0 radical (unpaired) electrons. The number of benzene rings is 1. The van der Waals surface area contributed by atoms with Gasteiger partial charge in [0.2, 0.25) is 0 Å². The van der Waals surface area contributed by atoms with Gasteiger partial charge in [0.1, 0.15) is 0 Å². The summed E-state index contributed by atoms with van der Waals surface area (Å²) in [4.78, 5) is 10.7. The lowest BCUT2D eigenvalue weighted by Crippen LogP contribution is -2.31.